The third-order valence-corrected chi connectivity index (χ3v) is 3.38. The standard InChI is InChI=1S/C12H17NS/c1-3-4-5-9-14-12-8-6-7-11(13)10(12)2/h3,6-8H,1,4-5,9,13H2,2H3. The van der Waals surface area contributed by atoms with Gasteiger partial charge in [0.1, 0.15) is 0 Å². The number of nitrogens with two attached hydrogens (primary N) is 1. The number of thioether (sulfide) groups is 1. The second-order valence-corrected chi connectivity index (χ2v) is 4.39. The number of benzene rings is 1. The number of unbranched alkanes of at least 4 members (excludes halogenated alkanes) is 1. The summed E-state index contributed by atoms with van der Waals surface area (Å²) in [4.78, 5) is 1.30. The molecular weight excluding hydrogens is 190 g/mol. The van der Waals surface area contributed by atoms with Gasteiger partial charge in [-0.05, 0) is 43.2 Å². The second kappa shape index (κ2) is 5.76. The van der Waals surface area contributed by atoms with Gasteiger partial charge in [-0.25, -0.2) is 0 Å². The molecule has 0 spiro atoms. The van der Waals surface area contributed by atoms with Crippen LogP contribution < -0.4 is 5.73 Å². The Morgan fingerprint density at radius 2 is 2.29 bits per heavy atom. The maximum Gasteiger partial charge on any atom is 0.0354 e. The summed E-state index contributed by atoms with van der Waals surface area (Å²) in [5.41, 5.74) is 7.91. The first-order valence-corrected chi connectivity index (χ1v) is 5.83. The summed E-state index contributed by atoms with van der Waals surface area (Å²) in [6.45, 7) is 5.78. The molecule has 0 saturated heterocycles. The second-order valence-electron chi connectivity index (χ2n) is 3.25. The highest BCUT2D eigenvalue weighted by Crippen LogP contribution is 2.26. The fourth-order valence-corrected chi connectivity index (χ4v) is 2.24. The smallest absolute Gasteiger partial charge is 0.0354 e. The van der Waals surface area contributed by atoms with E-state index in [1.165, 1.54) is 16.9 Å². The first-order valence-electron chi connectivity index (χ1n) is 4.84. The normalized spacial score (nSPS) is 10.1. The van der Waals surface area contributed by atoms with Crippen LogP contribution in [0.3, 0.4) is 0 Å². The molecule has 14 heavy (non-hydrogen) atoms. The Morgan fingerprint density at radius 1 is 1.50 bits per heavy atom. The van der Waals surface area contributed by atoms with E-state index < -0.39 is 0 Å². The van der Waals surface area contributed by atoms with Crippen LogP contribution in [-0.4, -0.2) is 5.75 Å². The lowest BCUT2D eigenvalue weighted by molar-refractivity contribution is 0.973. The van der Waals surface area contributed by atoms with Crippen LogP contribution in [0.25, 0.3) is 0 Å². The monoisotopic (exact) mass is 207 g/mol. The van der Waals surface area contributed by atoms with Crippen molar-refractivity contribution in [3.8, 4) is 0 Å². The molecule has 1 nitrogen and oxygen atoms in total. The molecule has 2 heteroatoms. The molecule has 0 aromatic heterocycles. The van der Waals surface area contributed by atoms with Crippen LogP contribution in [0.4, 0.5) is 5.69 Å². The first kappa shape index (κ1) is 11.2. The van der Waals surface area contributed by atoms with E-state index in [0.717, 1.165) is 17.9 Å². The zero-order valence-corrected chi connectivity index (χ0v) is 9.44. The quantitative estimate of drug-likeness (QED) is 0.345. The van der Waals surface area contributed by atoms with E-state index in [1.807, 2.05) is 30.0 Å². The number of rotatable bonds is 5. The van der Waals surface area contributed by atoms with Gasteiger partial charge in [-0.1, -0.05) is 12.1 Å². The van der Waals surface area contributed by atoms with E-state index in [9.17, 15) is 0 Å². The maximum atomic E-state index is 5.82. The Hall–Kier alpha value is -0.890. The molecule has 0 saturated carbocycles. The van der Waals surface area contributed by atoms with Crippen molar-refractivity contribution in [1.29, 1.82) is 0 Å². The molecule has 0 fully saturated rings. The summed E-state index contributed by atoms with van der Waals surface area (Å²) in [6.07, 6.45) is 4.24. The minimum atomic E-state index is 0.888. The van der Waals surface area contributed by atoms with Crippen LogP contribution in [0.2, 0.25) is 0 Å². The molecule has 2 N–H and O–H groups in total. The molecule has 0 aliphatic carbocycles. The molecule has 0 aliphatic rings. The van der Waals surface area contributed by atoms with Crippen molar-refractivity contribution in [3.63, 3.8) is 0 Å². The predicted molar refractivity (Wildman–Crippen MR) is 65.7 cm³/mol. The van der Waals surface area contributed by atoms with E-state index >= 15 is 0 Å². The Labute approximate surface area is 90.4 Å². The summed E-state index contributed by atoms with van der Waals surface area (Å²) in [5, 5.41) is 0. The van der Waals surface area contributed by atoms with Crippen molar-refractivity contribution in [2.45, 2.75) is 24.7 Å². The SMILES string of the molecule is C=CCCCSc1cccc(N)c1C. The zero-order chi connectivity index (χ0) is 10.4. The van der Waals surface area contributed by atoms with Gasteiger partial charge < -0.3 is 5.73 Å². The lowest BCUT2D eigenvalue weighted by Crippen LogP contribution is -1.91. The molecule has 1 aromatic carbocycles. The largest absolute Gasteiger partial charge is 0.398 e. The summed E-state index contributed by atoms with van der Waals surface area (Å²) < 4.78 is 0. The van der Waals surface area contributed by atoms with Crippen LogP contribution in [0.1, 0.15) is 18.4 Å². The fourth-order valence-electron chi connectivity index (χ4n) is 1.20. The molecule has 1 aromatic rings. The molecule has 0 amide bonds. The van der Waals surface area contributed by atoms with Crippen molar-refractivity contribution in [1.82, 2.24) is 0 Å². The highest BCUT2D eigenvalue weighted by molar-refractivity contribution is 7.99. The molecule has 0 aliphatic heterocycles. The van der Waals surface area contributed by atoms with Gasteiger partial charge in [0.2, 0.25) is 0 Å². The van der Waals surface area contributed by atoms with Crippen LogP contribution in [0.15, 0.2) is 35.7 Å². The Kier molecular flexibility index (Phi) is 4.60. The highest BCUT2D eigenvalue weighted by atomic mass is 32.2. The molecule has 0 unspecified atom stereocenters. The molecule has 0 heterocycles. The van der Waals surface area contributed by atoms with Crippen LogP contribution in [0.5, 0.6) is 0 Å². The van der Waals surface area contributed by atoms with Gasteiger partial charge in [-0.15, -0.1) is 18.3 Å². The molecule has 0 bridgehead atoms. The van der Waals surface area contributed by atoms with E-state index in [2.05, 4.69) is 19.6 Å². The van der Waals surface area contributed by atoms with Gasteiger partial charge in [-0.2, -0.15) is 0 Å². The number of hydrogen-bond donors (Lipinski definition) is 1. The topological polar surface area (TPSA) is 26.0 Å². The lowest BCUT2D eigenvalue weighted by Gasteiger charge is -2.06. The summed E-state index contributed by atoms with van der Waals surface area (Å²) >= 11 is 1.87. The fraction of sp³-hybridized carbons (Fsp3) is 0.333. The third kappa shape index (κ3) is 3.11. The lowest BCUT2D eigenvalue weighted by atomic mass is 10.2. The molecule has 0 radical (unpaired) electrons. The first-order chi connectivity index (χ1) is 6.75. The molecule has 76 valence electrons. The van der Waals surface area contributed by atoms with Gasteiger partial charge in [0.15, 0.2) is 0 Å². The van der Waals surface area contributed by atoms with E-state index in [4.69, 9.17) is 5.73 Å². The molecule has 1 rings (SSSR count). The zero-order valence-electron chi connectivity index (χ0n) is 8.62. The Balaban J connectivity index is 2.50. The number of allylic oxidation sites excluding steroid dienone is 1. The summed E-state index contributed by atoms with van der Waals surface area (Å²) in [6, 6.07) is 6.09. The van der Waals surface area contributed by atoms with Crippen LogP contribution in [0, 0.1) is 6.92 Å². The van der Waals surface area contributed by atoms with Gasteiger partial charge >= 0.3 is 0 Å². The number of nitrogen functional groups attached to an aromatic ring is 1. The van der Waals surface area contributed by atoms with Crippen molar-refractivity contribution in [2.24, 2.45) is 0 Å². The van der Waals surface area contributed by atoms with Gasteiger partial charge in [0.25, 0.3) is 0 Å². The van der Waals surface area contributed by atoms with Crippen LogP contribution >= 0.6 is 11.8 Å². The third-order valence-electron chi connectivity index (χ3n) is 2.14. The van der Waals surface area contributed by atoms with Gasteiger partial charge in [-0.3, -0.25) is 0 Å². The summed E-state index contributed by atoms with van der Waals surface area (Å²) in [5.74, 6) is 1.14. The van der Waals surface area contributed by atoms with Crippen molar-refractivity contribution in [2.75, 3.05) is 11.5 Å². The van der Waals surface area contributed by atoms with Crippen molar-refractivity contribution < 1.29 is 0 Å². The minimum absolute atomic E-state index is 0.888. The van der Waals surface area contributed by atoms with Crippen molar-refractivity contribution in [3.05, 3.63) is 36.4 Å². The van der Waals surface area contributed by atoms with Crippen molar-refractivity contribution >= 4 is 17.4 Å². The minimum Gasteiger partial charge on any atom is -0.398 e. The van der Waals surface area contributed by atoms with Gasteiger partial charge in [0.05, 0.1) is 0 Å². The predicted octanol–water partition coefficient (Wildman–Crippen LogP) is 3.64. The highest BCUT2D eigenvalue weighted by Gasteiger charge is 2.00. The summed E-state index contributed by atoms with van der Waals surface area (Å²) in [7, 11) is 0. The van der Waals surface area contributed by atoms with E-state index in [1.54, 1.807) is 0 Å². The molecule has 0 atom stereocenters. The Bertz CT molecular complexity index is 307. The van der Waals surface area contributed by atoms with Crippen LogP contribution in [-0.2, 0) is 0 Å². The van der Waals surface area contributed by atoms with Gasteiger partial charge in [0, 0.05) is 10.6 Å². The van der Waals surface area contributed by atoms with E-state index in [-0.39, 0.29) is 0 Å². The maximum absolute atomic E-state index is 5.82. The number of hydrogen-bond acceptors (Lipinski definition) is 2. The van der Waals surface area contributed by atoms with E-state index in [0.29, 0.717) is 0 Å². The average Bonchev–Trinajstić information content (AvgIpc) is 2.19. The number of anilines is 1. The Morgan fingerprint density at radius 3 is 3.00 bits per heavy atom. The average molecular weight is 207 g/mol. The molecular formula is C12H17NS.